The molecule has 0 atom stereocenters. The Bertz CT molecular complexity index is 1350. The van der Waals surface area contributed by atoms with Gasteiger partial charge in [-0.15, -0.1) is 0 Å². The Morgan fingerprint density at radius 2 is 1.84 bits per heavy atom. The first-order valence-corrected chi connectivity index (χ1v) is 11.6. The van der Waals surface area contributed by atoms with Crippen LogP contribution in [0, 0.1) is 5.82 Å². The maximum Gasteiger partial charge on any atom is 0.191 e. The van der Waals surface area contributed by atoms with Crippen molar-refractivity contribution in [2.75, 3.05) is 12.9 Å². The third kappa shape index (κ3) is 4.40. The lowest BCUT2D eigenvalue weighted by Gasteiger charge is -2.18. The number of carbonyl (C=O) groups is 1. The zero-order valence-corrected chi connectivity index (χ0v) is 18.5. The third-order valence-corrected chi connectivity index (χ3v) is 7.11. The molecule has 1 aliphatic heterocycles. The van der Waals surface area contributed by atoms with E-state index in [0.29, 0.717) is 22.1 Å². The van der Waals surface area contributed by atoms with E-state index in [1.807, 2.05) is 18.2 Å². The first-order chi connectivity index (χ1) is 15.3. The number of ether oxygens (including phenoxy) is 2. The summed E-state index contributed by atoms with van der Waals surface area (Å²) in [4.78, 5) is 12.7. The van der Waals surface area contributed by atoms with Crippen LogP contribution in [-0.4, -0.2) is 27.1 Å². The standard InChI is InChI=1S/C24H18ClFO5S/c1-30-22-11-15(6-8-21(22)31-13-16-4-2-3-5-20(16)25)10-17-14-32(28,29)23-9-7-18(26)12-19(23)24(17)27/h2-12H,13-14H2,1H3/b17-10-. The van der Waals surface area contributed by atoms with Crippen molar-refractivity contribution in [3.8, 4) is 11.5 Å². The van der Waals surface area contributed by atoms with Crippen LogP contribution in [0.5, 0.6) is 11.5 Å². The quantitative estimate of drug-likeness (QED) is 0.381. The highest BCUT2D eigenvalue weighted by Crippen LogP contribution is 2.33. The molecule has 0 saturated heterocycles. The molecule has 3 aromatic carbocycles. The first-order valence-electron chi connectivity index (χ1n) is 9.60. The second-order valence-corrected chi connectivity index (χ2v) is 9.55. The highest BCUT2D eigenvalue weighted by Gasteiger charge is 2.33. The normalized spacial score (nSPS) is 16.0. The molecular weight excluding hydrogens is 455 g/mol. The summed E-state index contributed by atoms with van der Waals surface area (Å²) in [6, 6.07) is 15.4. The van der Waals surface area contributed by atoms with Gasteiger partial charge in [0.05, 0.1) is 17.8 Å². The maximum absolute atomic E-state index is 13.6. The molecule has 1 heterocycles. The van der Waals surface area contributed by atoms with Gasteiger partial charge >= 0.3 is 0 Å². The van der Waals surface area contributed by atoms with Crippen LogP contribution >= 0.6 is 11.6 Å². The summed E-state index contributed by atoms with van der Waals surface area (Å²) in [5.41, 5.74) is 1.25. The number of Topliss-reactive ketones (excluding diaryl/α,β-unsaturated/α-hetero) is 1. The van der Waals surface area contributed by atoms with Crippen molar-refractivity contribution in [3.63, 3.8) is 0 Å². The fourth-order valence-corrected chi connectivity index (χ4v) is 5.18. The van der Waals surface area contributed by atoms with Crippen LogP contribution < -0.4 is 9.47 Å². The van der Waals surface area contributed by atoms with E-state index in [1.165, 1.54) is 13.2 Å². The van der Waals surface area contributed by atoms with E-state index < -0.39 is 27.2 Å². The minimum Gasteiger partial charge on any atom is -0.493 e. The molecule has 0 radical (unpaired) electrons. The molecule has 0 aromatic heterocycles. The van der Waals surface area contributed by atoms with Gasteiger partial charge in [0.25, 0.3) is 0 Å². The van der Waals surface area contributed by atoms with Crippen LogP contribution in [0.1, 0.15) is 21.5 Å². The summed E-state index contributed by atoms with van der Waals surface area (Å²) >= 11 is 6.16. The monoisotopic (exact) mass is 472 g/mol. The second-order valence-electron chi connectivity index (χ2n) is 7.19. The Kier molecular flexibility index (Phi) is 6.04. The third-order valence-electron chi connectivity index (χ3n) is 5.03. The molecule has 0 bridgehead atoms. The van der Waals surface area contributed by atoms with Crippen LogP contribution in [0.2, 0.25) is 5.02 Å². The van der Waals surface area contributed by atoms with Gasteiger partial charge in [0.1, 0.15) is 12.4 Å². The summed E-state index contributed by atoms with van der Waals surface area (Å²) in [5, 5.41) is 0.585. The number of sulfone groups is 1. The van der Waals surface area contributed by atoms with Crippen LogP contribution in [0.3, 0.4) is 0 Å². The van der Waals surface area contributed by atoms with Gasteiger partial charge in [-0.2, -0.15) is 0 Å². The fourth-order valence-electron chi connectivity index (χ4n) is 3.44. The Hall–Kier alpha value is -3.16. The largest absolute Gasteiger partial charge is 0.493 e. The van der Waals surface area contributed by atoms with Gasteiger partial charge in [0.2, 0.25) is 0 Å². The van der Waals surface area contributed by atoms with E-state index in [0.717, 1.165) is 23.8 Å². The van der Waals surface area contributed by atoms with Crippen LogP contribution in [0.25, 0.3) is 6.08 Å². The smallest absolute Gasteiger partial charge is 0.191 e. The molecule has 3 aromatic rings. The van der Waals surface area contributed by atoms with E-state index in [4.69, 9.17) is 21.1 Å². The number of carbonyl (C=O) groups excluding carboxylic acids is 1. The number of methoxy groups -OCH3 is 1. The first kappa shape index (κ1) is 22.0. The summed E-state index contributed by atoms with van der Waals surface area (Å²) < 4.78 is 50.0. The molecular formula is C24H18ClFO5S. The Morgan fingerprint density at radius 3 is 2.59 bits per heavy atom. The molecule has 164 valence electrons. The van der Waals surface area contributed by atoms with Crippen molar-refractivity contribution >= 4 is 33.3 Å². The summed E-state index contributed by atoms with van der Waals surface area (Å²) in [6.07, 6.45) is 1.47. The Labute approximate surface area is 190 Å². The number of benzene rings is 3. The molecule has 0 aliphatic carbocycles. The number of hydrogen-bond acceptors (Lipinski definition) is 5. The fraction of sp³-hybridized carbons (Fsp3) is 0.125. The van der Waals surface area contributed by atoms with Gasteiger partial charge in [-0.3, -0.25) is 4.79 Å². The summed E-state index contributed by atoms with van der Waals surface area (Å²) in [6.45, 7) is 0.232. The highest BCUT2D eigenvalue weighted by atomic mass is 35.5. The zero-order chi connectivity index (χ0) is 22.9. The average molecular weight is 473 g/mol. The van der Waals surface area contributed by atoms with Crippen molar-refractivity contribution < 1.29 is 27.1 Å². The minimum atomic E-state index is -3.75. The second kappa shape index (κ2) is 8.76. The lowest BCUT2D eigenvalue weighted by molar-refractivity contribution is 0.103. The molecule has 8 heteroatoms. The minimum absolute atomic E-state index is 0.0508. The van der Waals surface area contributed by atoms with Crippen molar-refractivity contribution in [2.24, 2.45) is 0 Å². The van der Waals surface area contributed by atoms with E-state index in [1.54, 1.807) is 24.3 Å². The van der Waals surface area contributed by atoms with Crippen molar-refractivity contribution in [1.82, 2.24) is 0 Å². The van der Waals surface area contributed by atoms with Crippen LogP contribution in [0.4, 0.5) is 4.39 Å². The van der Waals surface area contributed by atoms with Gasteiger partial charge in [0.15, 0.2) is 27.1 Å². The van der Waals surface area contributed by atoms with Gasteiger partial charge in [-0.25, -0.2) is 12.8 Å². The Morgan fingerprint density at radius 1 is 1.06 bits per heavy atom. The van der Waals surface area contributed by atoms with E-state index in [-0.39, 0.29) is 22.6 Å². The van der Waals surface area contributed by atoms with E-state index >= 15 is 0 Å². The van der Waals surface area contributed by atoms with Gasteiger partial charge in [-0.05, 0) is 48.0 Å². The van der Waals surface area contributed by atoms with Crippen molar-refractivity contribution in [2.45, 2.75) is 11.5 Å². The molecule has 1 aliphatic rings. The van der Waals surface area contributed by atoms with Crippen molar-refractivity contribution in [1.29, 1.82) is 0 Å². The number of rotatable bonds is 5. The predicted octanol–water partition coefficient (Wildman–Crippen LogP) is 5.12. The predicted molar refractivity (Wildman–Crippen MR) is 120 cm³/mol. The topological polar surface area (TPSA) is 69.7 Å². The number of halogens is 2. The molecule has 0 saturated carbocycles. The molecule has 0 spiro atoms. The van der Waals surface area contributed by atoms with E-state index in [9.17, 15) is 17.6 Å². The summed E-state index contributed by atoms with van der Waals surface area (Å²) in [5.74, 6) is -0.784. The van der Waals surface area contributed by atoms with Gasteiger partial charge < -0.3 is 9.47 Å². The van der Waals surface area contributed by atoms with Crippen LogP contribution in [0.15, 0.2) is 71.1 Å². The van der Waals surface area contributed by atoms with Gasteiger partial charge in [0, 0.05) is 21.7 Å². The SMILES string of the molecule is COc1cc(/C=C2/CS(=O)(=O)c3ccc(F)cc3C2=O)ccc1OCc1ccccc1Cl. The number of hydrogen-bond donors (Lipinski definition) is 0. The molecule has 0 unspecified atom stereocenters. The lowest BCUT2D eigenvalue weighted by Crippen LogP contribution is -2.24. The van der Waals surface area contributed by atoms with E-state index in [2.05, 4.69) is 0 Å². The molecule has 5 nitrogen and oxygen atoms in total. The Balaban J connectivity index is 1.63. The molecule has 32 heavy (non-hydrogen) atoms. The lowest BCUT2D eigenvalue weighted by atomic mass is 10.0. The van der Waals surface area contributed by atoms with Crippen LogP contribution in [-0.2, 0) is 16.4 Å². The maximum atomic E-state index is 13.6. The zero-order valence-electron chi connectivity index (χ0n) is 17.0. The highest BCUT2D eigenvalue weighted by molar-refractivity contribution is 7.91. The molecule has 4 rings (SSSR count). The summed E-state index contributed by atoms with van der Waals surface area (Å²) in [7, 11) is -2.28. The molecule has 0 amide bonds. The molecule has 0 fully saturated rings. The van der Waals surface area contributed by atoms with Gasteiger partial charge in [-0.1, -0.05) is 35.9 Å². The van der Waals surface area contributed by atoms with Crippen molar-refractivity contribution in [3.05, 3.63) is 93.8 Å². The number of fused-ring (bicyclic) bond motifs is 1. The molecule has 0 N–H and O–H groups in total. The average Bonchev–Trinajstić information content (AvgIpc) is 2.77. The number of ketones is 1.